The number of anilines is 6. The van der Waals surface area contributed by atoms with Crippen LogP contribution < -0.4 is 19.3 Å². The molecule has 0 aromatic heterocycles. The van der Waals surface area contributed by atoms with Gasteiger partial charge in [-0.2, -0.15) is 0 Å². The lowest BCUT2D eigenvalue weighted by Gasteiger charge is -2.31. The Balaban J connectivity index is 0.0000000974. The van der Waals surface area contributed by atoms with Crippen LogP contribution in [-0.4, -0.2) is 39.0 Å². The van der Waals surface area contributed by atoms with Crippen molar-refractivity contribution in [2.24, 2.45) is 0 Å². The van der Waals surface area contributed by atoms with Crippen LogP contribution in [0.4, 0.5) is 34.1 Å². The summed E-state index contributed by atoms with van der Waals surface area (Å²) in [6, 6.07) is 163. The van der Waals surface area contributed by atoms with Crippen molar-refractivity contribution in [1.82, 2.24) is 0 Å². The van der Waals surface area contributed by atoms with E-state index in [0.29, 0.717) is 16.2 Å². The highest BCUT2D eigenvalue weighted by Crippen LogP contribution is 2.46. The molecule has 736 valence electrons. The van der Waals surface area contributed by atoms with Gasteiger partial charge in [-0.1, -0.05) is 412 Å². The molecular weight excluding hydrogens is 1920 g/mol. The van der Waals surface area contributed by atoms with E-state index in [0.717, 1.165) is 153 Å². The van der Waals surface area contributed by atoms with Crippen molar-refractivity contribution in [3.8, 4) is 22.6 Å². The van der Waals surface area contributed by atoms with Crippen LogP contribution in [0, 0.1) is 0 Å². The Hall–Kier alpha value is -16.7. The standard InChI is InChI=1S/C15H13NO.C14H13NO2S.C14H10O.C14H12.C13H11N.C13H10O2S.C13H10OS.C13H10O.C13H10S.C13H10/c1-11(17)16-14-8-4-2-6-12(14)10-13-7-3-5-9-15(13)16;1-18(16,17)15-13-8-4-2-6-11(13)10-12-7-3-5-9-14(12)15;15-14-12-7-3-1-5-10(12)9-11-6-2-4-8-13(11)14;1-2-6-12-10-14-8-4-3-7-13(14)9-11(12)5-1;1-3-7-12-10(5-1)9-11-6-2-4-8-13(11)14-12;14-16(15)12-7-3-1-5-10(12)9-11-6-2-4-8-13(11)16;14-15-12-7-3-1-5-10(12)9-11-6-2-4-8-13(11)15;2*1-3-7-12-10(5-1)9-11-6-2-4-8-13(11)14-12;1-3-7-12-10(5-1)9-11-6-2-4-8-13(11)12/h2-9H,10H2,1H3;2-9H,10H2,1H3;1-8H,9H2;1-8H,9-10H2;1-8,14H,9H2;1-8H,9H2;1-8H,9H2;2*1-8H,9H2;1-8H,9H2. The second-order valence-corrected chi connectivity index (χ2v) is 44.3. The van der Waals surface area contributed by atoms with Crippen molar-refractivity contribution in [2.45, 2.75) is 107 Å². The number of carbonyl (C=O) groups is 2. The molecule has 0 atom stereocenters. The maximum absolute atomic E-state index is 12.3. The highest BCUT2D eigenvalue weighted by Gasteiger charge is 2.33. The molecule has 0 spiro atoms. The minimum Gasteiger partial charge on any atom is -0.457 e. The molecule has 11 nitrogen and oxygen atoms in total. The molecule has 30 rings (SSSR count). The Morgan fingerprint density at radius 1 is 0.273 bits per heavy atom. The summed E-state index contributed by atoms with van der Waals surface area (Å²) in [5, 5.41) is 3.44. The number of ether oxygens (including phenoxy) is 1. The third kappa shape index (κ3) is 22.2. The van der Waals surface area contributed by atoms with E-state index in [1.807, 2.05) is 230 Å². The fraction of sp³-hybridized carbons (Fsp3) is 0.0963. The monoisotopic (exact) mass is 2030 g/mol. The van der Waals surface area contributed by atoms with Gasteiger partial charge in [-0.3, -0.25) is 14.5 Å². The zero-order chi connectivity index (χ0) is 102. The Kier molecular flexibility index (Phi) is 30.0. The molecule has 20 aromatic carbocycles. The molecule has 7 aliphatic heterocycles. The summed E-state index contributed by atoms with van der Waals surface area (Å²) in [6.07, 6.45) is 11.8. The highest BCUT2D eigenvalue weighted by atomic mass is 32.2. The summed E-state index contributed by atoms with van der Waals surface area (Å²) in [5.74, 6) is 2.20. The van der Waals surface area contributed by atoms with Crippen LogP contribution in [0.25, 0.3) is 11.1 Å². The van der Waals surface area contributed by atoms with Crippen LogP contribution in [0.5, 0.6) is 11.5 Å². The third-order valence-electron chi connectivity index (χ3n) is 28.3. The van der Waals surface area contributed by atoms with Crippen molar-refractivity contribution in [3.05, 3.63) is 619 Å². The molecule has 0 unspecified atom stereocenters. The number of para-hydroxylation sites is 8. The summed E-state index contributed by atoms with van der Waals surface area (Å²) in [5.41, 5.74) is 38.6. The first-order valence-electron chi connectivity index (χ1n) is 50.7. The number of ketones is 1. The van der Waals surface area contributed by atoms with Gasteiger partial charge in [-0.15, -0.1) is 0 Å². The Labute approximate surface area is 885 Å². The predicted molar refractivity (Wildman–Crippen MR) is 610 cm³/mol. The minimum absolute atomic E-state index is 0.0598. The maximum Gasteiger partial charge on any atom is 0.236 e. The molecular formula is C135H109N3O8S4. The molecule has 0 radical (unpaired) electrons. The van der Waals surface area contributed by atoms with Gasteiger partial charge >= 0.3 is 0 Å². The van der Waals surface area contributed by atoms with Crippen molar-refractivity contribution < 1.29 is 35.4 Å². The number of rotatable bonds is 1. The van der Waals surface area contributed by atoms with Gasteiger partial charge in [0.2, 0.25) is 25.8 Å². The average Bonchev–Trinajstić information content (AvgIpc) is 1.05. The molecule has 3 aliphatic carbocycles. The molecule has 0 fully saturated rings. The number of sulfonamides is 1. The van der Waals surface area contributed by atoms with Crippen LogP contribution in [0.15, 0.2) is 515 Å². The number of nitrogens with one attached hydrogen (secondary N) is 1. The van der Waals surface area contributed by atoms with E-state index >= 15 is 0 Å². The Morgan fingerprint density at radius 3 is 0.920 bits per heavy atom. The van der Waals surface area contributed by atoms with E-state index < -0.39 is 30.7 Å². The summed E-state index contributed by atoms with van der Waals surface area (Å²) in [7, 11) is -7.61. The first-order valence-corrected chi connectivity index (χ1v) is 56.0. The van der Waals surface area contributed by atoms with E-state index in [1.54, 1.807) is 36.1 Å². The summed E-state index contributed by atoms with van der Waals surface area (Å²) in [4.78, 5) is 31.4. The zero-order valence-electron chi connectivity index (χ0n) is 83.3. The maximum atomic E-state index is 12.3. The minimum atomic E-state index is -3.32. The fourth-order valence-electron chi connectivity index (χ4n) is 21.0. The Morgan fingerprint density at radius 2 is 0.520 bits per heavy atom. The largest absolute Gasteiger partial charge is 0.457 e. The normalized spacial score (nSPS) is 13.5. The van der Waals surface area contributed by atoms with Crippen LogP contribution in [0.2, 0.25) is 0 Å². The molecule has 150 heavy (non-hydrogen) atoms. The van der Waals surface area contributed by atoms with Gasteiger partial charge in [0, 0.05) is 81.1 Å². The summed E-state index contributed by atoms with van der Waals surface area (Å²) in [6.45, 7) is 1.61. The van der Waals surface area contributed by atoms with Gasteiger partial charge in [0.25, 0.3) is 0 Å². The lowest BCUT2D eigenvalue weighted by molar-refractivity contribution is -0.115. The van der Waals surface area contributed by atoms with Crippen LogP contribution in [0.1, 0.15) is 145 Å². The number of fused-ring (bicyclic) bond motifs is 21. The Bertz CT molecular complexity index is 7640. The second-order valence-electron chi connectivity index (χ2n) is 38.1. The zero-order valence-corrected chi connectivity index (χ0v) is 86.5. The predicted octanol–water partition coefficient (Wildman–Crippen LogP) is 30.9. The van der Waals surface area contributed by atoms with E-state index in [9.17, 15) is 30.6 Å². The van der Waals surface area contributed by atoms with Crippen LogP contribution >= 0.6 is 11.8 Å². The molecule has 1 amide bonds. The molecule has 10 aliphatic rings. The smallest absolute Gasteiger partial charge is 0.236 e. The van der Waals surface area contributed by atoms with Crippen molar-refractivity contribution in [2.75, 3.05) is 20.8 Å². The van der Waals surface area contributed by atoms with Crippen LogP contribution in [0.3, 0.4) is 0 Å². The number of hydrogen-bond donors (Lipinski definition) is 1. The van der Waals surface area contributed by atoms with E-state index in [1.165, 1.54) is 132 Å². The number of hydrogen-bond acceptors (Lipinski definition) is 10. The van der Waals surface area contributed by atoms with Gasteiger partial charge in [-0.25, -0.2) is 25.3 Å². The van der Waals surface area contributed by atoms with Crippen LogP contribution in [-0.2, 0) is 106 Å². The summed E-state index contributed by atoms with van der Waals surface area (Å²) < 4.78 is 68.1. The van der Waals surface area contributed by atoms with E-state index in [-0.39, 0.29) is 11.7 Å². The average molecular weight is 2030 g/mol. The fourth-order valence-corrected chi connectivity index (χ4v) is 26.3. The van der Waals surface area contributed by atoms with E-state index in [4.69, 9.17) is 4.74 Å². The number of carbonyl (C=O) groups excluding carboxylic acids is 2. The van der Waals surface area contributed by atoms with Gasteiger partial charge in [0.15, 0.2) is 5.78 Å². The molecule has 7 heterocycles. The molecule has 1 N–H and O–H groups in total. The topological polar surface area (TPSA) is 147 Å². The quantitative estimate of drug-likeness (QED) is 0.168. The molecule has 15 heteroatoms. The summed E-state index contributed by atoms with van der Waals surface area (Å²) >= 11 is 1.88. The second kappa shape index (κ2) is 45.4. The van der Waals surface area contributed by atoms with Gasteiger partial charge < -0.3 is 10.1 Å². The first kappa shape index (κ1) is 99.3. The van der Waals surface area contributed by atoms with Gasteiger partial charge in [-0.05, 0) is 257 Å². The molecule has 20 aromatic rings. The lowest BCUT2D eigenvalue weighted by atomic mass is 9.85. The third-order valence-corrected chi connectivity index (χ3v) is 34.2. The highest BCUT2D eigenvalue weighted by molar-refractivity contribution is 7.99. The first-order chi connectivity index (χ1) is 73.4. The molecule has 0 saturated carbocycles. The number of amides is 1. The number of nitrogens with zero attached hydrogens (tertiary/aromatic N) is 2. The number of sulfone groups is 1. The van der Waals surface area contributed by atoms with Crippen molar-refractivity contribution >= 4 is 88.2 Å². The molecule has 0 bridgehead atoms. The SMILES string of the molecule is CC(=O)N1c2ccccc2Cc2ccccc21.CS(=O)(=O)N1c2ccccc2Cc2ccccc21.O=C1c2ccccc2Cc2ccccc21.O=S1(=O)c2ccccc2Cc2ccccc21.O=S1c2ccccc2Cc2ccccc21.c1ccc2c(c1)Cc1ccccc1-2.c1ccc2c(c1)Cc1ccccc1C2.c1ccc2c(c1)Cc1ccccc1N2.c1ccc2c(c1)Cc1ccccc1O2.c1ccc2c(c1)Cc1ccccc1S2. The molecule has 0 saturated heterocycles. The van der Waals surface area contributed by atoms with Gasteiger partial charge in [0.1, 0.15) is 11.5 Å². The van der Waals surface area contributed by atoms with Gasteiger partial charge in [0.05, 0.1) is 49.6 Å². The lowest BCUT2D eigenvalue weighted by Crippen LogP contribution is -2.29. The van der Waals surface area contributed by atoms with Crippen molar-refractivity contribution in [1.29, 1.82) is 0 Å². The van der Waals surface area contributed by atoms with Crippen molar-refractivity contribution in [3.63, 3.8) is 0 Å². The number of benzene rings is 20. The van der Waals surface area contributed by atoms with E-state index in [2.05, 4.69) is 248 Å².